The Bertz CT molecular complexity index is 436. The van der Waals surface area contributed by atoms with Crippen LogP contribution in [-0.4, -0.2) is 13.0 Å². The molecule has 0 N–H and O–H groups in total. The maximum absolute atomic E-state index is 10.9. The zero-order chi connectivity index (χ0) is 11.5. The summed E-state index contributed by atoms with van der Waals surface area (Å²) >= 11 is 0. The Kier molecular flexibility index (Phi) is 3.60. The topological polar surface area (TPSA) is 61.1 Å². The molecule has 0 aliphatic heterocycles. The molecule has 0 amide bonds. The minimum Gasteiger partial charge on any atom is -0.743 e. The fraction of sp³-hybridized carbons (Fsp3) is 0.300. The summed E-state index contributed by atoms with van der Waals surface area (Å²) in [6.07, 6.45) is 5.04. The van der Waals surface area contributed by atoms with E-state index in [1.165, 1.54) is 4.57 Å². The highest BCUT2D eigenvalue weighted by Crippen LogP contribution is 2.10. The van der Waals surface area contributed by atoms with Crippen LogP contribution in [0.2, 0.25) is 0 Å². The number of hydrogen-bond donors (Lipinski definition) is 0. The normalized spacial score (nSPS) is 13.5. The average Bonchev–Trinajstić information content (AvgIpc) is 2.18. The average molecular weight is 227 g/mol. The van der Waals surface area contributed by atoms with Crippen LogP contribution in [0.3, 0.4) is 0 Å². The third kappa shape index (κ3) is 2.87. The number of rotatable bonds is 4. The van der Waals surface area contributed by atoms with Crippen molar-refractivity contribution in [1.82, 2.24) is 0 Å². The van der Waals surface area contributed by atoms with Gasteiger partial charge in [0, 0.05) is 18.6 Å². The highest BCUT2D eigenvalue weighted by atomic mass is 32.2. The molecule has 0 aliphatic carbocycles. The van der Waals surface area contributed by atoms with E-state index in [0.29, 0.717) is 0 Å². The molecule has 82 valence electrons. The molecule has 0 fully saturated rings. The Hall–Kier alpha value is -1.20. The van der Waals surface area contributed by atoms with Gasteiger partial charge in [0.1, 0.15) is 0 Å². The molecule has 15 heavy (non-hydrogen) atoms. The van der Waals surface area contributed by atoms with Gasteiger partial charge in [0.25, 0.3) is 0 Å². The molecule has 0 saturated heterocycles. The number of hydrogen-bond acceptors (Lipinski definition) is 3. The van der Waals surface area contributed by atoms with Crippen LogP contribution in [0.25, 0.3) is 6.08 Å². The minimum absolute atomic E-state index is 0.254. The molecule has 1 atom stereocenters. The van der Waals surface area contributed by atoms with Crippen molar-refractivity contribution >= 4 is 16.2 Å². The highest BCUT2D eigenvalue weighted by molar-refractivity contribution is 7.85. The van der Waals surface area contributed by atoms with E-state index in [-0.39, 0.29) is 6.42 Å². The quantitative estimate of drug-likeness (QED) is 0.571. The lowest BCUT2D eigenvalue weighted by Crippen LogP contribution is -2.42. The van der Waals surface area contributed by atoms with Crippen LogP contribution in [-0.2, 0) is 10.1 Å². The lowest BCUT2D eigenvalue weighted by Gasteiger charge is -2.13. The van der Waals surface area contributed by atoms with Gasteiger partial charge >= 0.3 is 0 Å². The standard InChI is InChI=1S/C10H13NO3S/c1-3-9-5-7-11(8-6-9)10(4-2)15(12,13)14/h3,5-8,10H,1,4H2,2H3. The highest BCUT2D eigenvalue weighted by Gasteiger charge is 2.22. The maximum atomic E-state index is 10.9. The Morgan fingerprint density at radius 3 is 2.40 bits per heavy atom. The molecule has 0 radical (unpaired) electrons. The van der Waals surface area contributed by atoms with E-state index in [1.54, 1.807) is 37.5 Å². The van der Waals surface area contributed by atoms with Crippen molar-refractivity contribution in [2.75, 3.05) is 0 Å². The monoisotopic (exact) mass is 227 g/mol. The van der Waals surface area contributed by atoms with E-state index in [4.69, 9.17) is 0 Å². The van der Waals surface area contributed by atoms with Crippen molar-refractivity contribution in [2.45, 2.75) is 18.7 Å². The second kappa shape index (κ2) is 4.55. The molecule has 0 aromatic carbocycles. The van der Waals surface area contributed by atoms with Gasteiger partial charge in [-0.15, -0.1) is 0 Å². The summed E-state index contributed by atoms with van der Waals surface area (Å²) in [5, 5.41) is -1.03. The second-order valence-electron chi connectivity index (χ2n) is 3.14. The fourth-order valence-electron chi connectivity index (χ4n) is 1.34. The predicted octanol–water partition coefficient (Wildman–Crippen LogP) is 1.07. The van der Waals surface area contributed by atoms with E-state index >= 15 is 0 Å². The molecule has 0 aliphatic rings. The number of aromatic nitrogens is 1. The first kappa shape index (κ1) is 11.9. The number of nitrogens with zero attached hydrogens (tertiary/aromatic N) is 1. The van der Waals surface area contributed by atoms with Crippen molar-refractivity contribution in [1.29, 1.82) is 0 Å². The zero-order valence-corrected chi connectivity index (χ0v) is 9.28. The van der Waals surface area contributed by atoms with Crippen molar-refractivity contribution in [3.63, 3.8) is 0 Å². The Morgan fingerprint density at radius 2 is 2.07 bits per heavy atom. The molecule has 1 rings (SSSR count). The minimum atomic E-state index is -4.30. The summed E-state index contributed by atoms with van der Waals surface area (Å²) in [6.45, 7) is 5.25. The van der Waals surface area contributed by atoms with E-state index in [1.807, 2.05) is 0 Å². The molecular formula is C10H13NO3S. The van der Waals surface area contributed by atoms with Crippen LogP contribution in [0.4, 0.5) is 0 Å². The van der Waals surface area contributed by atoms with E-state index in [2.05, 4.69) is 6.58 Å². The molecular weight excluding hydrogens is 214 g/mol. The van der Waals surface area contributed by atoms with Crippen LogP contribution in [0, 0.1) is 0 Å². The predicted molar refractivity (Wildman–Crippen MR) is 55.8 cm³/mol. The van der Waals surface area contributed by atoms with E-state index < -0.39 is 15.5 Å². The molecule has 1 unspecified atom stereocenters. The molecule has 1 aromatic rings. The maximum Gasteiger partial charge on any atom is 0.245 e. The van der Waals surface area contributed by atoms with Gasteiger partial charge in [-0.05, 0) is 5.56 Å². The summed E-state index contributed by atoms with van der Waals surface area (Å²) in [7, 11) is -4.30. The third-order valence-electron chi connectivity index (χ3n) is 2.13. The summed E-state index contributed by atoms with van der Waals surface area (Å²) in [5.41, 5.74) is 0.879. The lowest BCUT2D eigenvalue weighted by atomic mass is 10.3. The van der Waals surface area contributed by atoms with Crippen LogP contribution in [0.5, 0.6) is 0 Å². The molecule has 1 heterocycles. The first-order valence-electron chi connectivity index (χ1n) is 4.57. The Balaban J connectivity index is 3.09. The second-order valence-corrected chi connectivity index (χ2v) is 4.67. The largest absolute Gasteiger partial charge is 0.743 e. The van der Waals surface area contributed by atoms with Crippen molar-refractivity contribution in [3.8, 4) is 0 Å². The van der Waals surface area contributed by atoms with Gasteiger partial charge in [-0.2, -0.15) is 4.57 Å². The molecule has 5 heteroatoms. The van der Waals surface area contributed by atoms with Crippen molar-refractivity contribution in [3.05, 3.63) is 36.7 Å². The van der Waals surface area contributed by atoms with Gasteiger partial charge < -0.3 is 4.55 Å². The number of pyridine rings is 1. The van der Waals surface area contributed by atoms with Gasteiger partial charge in [0.05, 0.1) is 0 Å². The first-order chi connectivity index (χ1) is 6.99. The van der Waals surface area contributed by atoms with Crippen LogP contribution in [0.1, 0.15) is 24.3 Å². The Labute approximate surface area is 89.6 Å². The van der Waals surface area contributed by atoms with Crippen LogP contribution < -0.4 is 4.57 Å². The van der Waals surface area contributed by atoms with Crippen molar-refractivity contribution in [2.24, 2.45) is 0 Å². The van der Waals surface area contributed by atoms with Crippen LogP contribution in [0.15, 0.2) is 31.1 Å². The zero-order valence-electron chi connectivity index (χ0n) is 8.46. The smallest absolute Gasteiger partial charge is 0.245 e. The van der Waals surface area contributed by atoms with Gasteiger partial charge in [-0.1, -0.05) is 19.6 Å². The molecule has 0 spiro atoms. The third-order valence-corrected chi connectivity index (χ3v) is 3.37. The van der Waals surface area contributed by atoms with E-state index in [0.717, 1.165) is 5.56 Å². The molecule has 0 bridgehead atoms. The molecule has 4 nitrogen and oxygen atoms in total. The van der Waals surface area contributed by atoms with Crippen LogP contribution >= 0.6 is 0 Å². The Morgan fingerprint density at radius 1 is 1.53 bits per heavy atom. The van der Waals surface area contributed by atoms with Gasteiger partial charge in [0.15, 0.2) is 22.5 Å². The molecule has 1 aromatic heterocycles. The van der Waals surface area contributed by atoms with Gasteiger partial charge in [-0.25, -0.2) is 8.42 Å². The first-order valence-corrected chi connectivity index (χ1v) is 6.04. The lowest BCUT2D eigenvalue weighted by molar-refractivity contribution is -0.702. The SMILES string of the molecule is C=Cc1cc[n+](C(CC)S(=O)(=O)[O-])cc1. The fourth-order valence-corrected chi connectivity index (χ4v) is 2.19. The van der Waals surface area contributed by atoms with E-state index in [9.17, 15) is 13.0 Å². The molecule has 0 saturated carbocycles. The van der Waals surface area contributed by atoms with Crippen molar-refractivity contribution < 1.29 is 17.5 Å². The summed E-state index contributed by atoms with van der Waals surface area (Å²) in [5.74, 6) is 0. The van der Waals surface area contributed by atoms with Gasteiger partial charge in [-0.3, -0.25) is 0 Å². The summed E-state index contributed by atoms with van der Waals surface area (Å²) in [6, 6.07) is 3.42. The summed E-state index contributed by atoms with van der Waals surface area (Å²) < 4.78 is 34.2. The van der Waals surface area contributed by atoms with Gasteiger partial charge in [0.2, 0.25) is 5.37 Å². The summed E-state index contributed by atoms with van der Waals surface area (Å²) in [4.78, 5) is 0.